The molecule has 7 heteroatoms. The predicted molar refractivity (Wildman–Crippen MR) is 73.8 cm³/mol. The monoisotopic (exact) mass is 305 g/mol. The number of rotatable bonds is 5. The van der Waals surface area contributed by atoms with Gasteiger partial charge in [-0.25, -0.2) is 13.1 Å². The van der Waals surface area contributed by atoms with Crippen LogP contribution >= 0.6 is 0 Å². The number of sulfonamides is 1. The Kier molecular flexibility index (Phi) is 5.40. The Morgan fingerprint density at radius 2 is 1.70 bits per heavy atom. The molecule has 2 fully saturated rings. The van der Waals surface area contributed by atoms with E-state index >= 15 is 0 Å². The molecule has 1 saturated heterocycles. The highest BCUT2D eigenvalue weighted by Gasteiger charge is 2.30. The molecule has 0 aromatic rings. The van der Waals surface area contributed by atoms with Crippen LogP contribution in [0.5, 0.6) is 0 Å². The third-order valence-electron chi connectivity index (χ3n) is 4.38. The average Bonchev–Trinajstić information content (AvgIpc) is 2.46. The first kappa shape index (κ1) is 15.7. The molecule has 20 heavy (non-hydrogen) atoms. The molecule has 6 nitrogen and oxygen atoms in total. The SMILES string of the molecule is O=C(O)C1CCC(CNS(=O)(=O)C2CCOCC2)CC1. The molecule has 0 spiro atoms. The second-order valence-corrected chi connectivity index (χ2v) is 7.81. The minimum Gasteiger partial charge on any atom is -0.481 e. The van der Waals surface area contributed by atoms with E-state index in [1.54, 1.807) is 0 Å². The topological polar surface area (TPSA) is 92.7 Å². The van der Waals surface area contributed by atoms with Gasteiger partial charge in [-0.1, -0.05) is 0 Å². The fourth-order valence-electron chi connectivity index (χ4n) is 2.95. The number of hydrogen-bond acceptors (Lipinski definition) is 4. The van der Waals surface area contributed by atoms with E-state index in [-0.39, 0.29) is 17.1 Å². The van der Waals surface area contributed by atoms with Gasteiger partial charge in [0.2, 0.25) is 10.0 Å². The number of nitrogens with one attached hydrogen (secondary N) is 1. The van der Waals surface area contributed by atoms with E-state index in [2.05, 4.69) is 4.72 Å². The van der Waals surface area contributed by atoms with Crippen molar-refractivity contribution >= 4 is 16.0 Å². The third kappa shape index (κ3) is 4.17. The van der Waals surface area contributed by atoms with Gasteiger partial charge >= 0.3 is 5.97 Å². The van der Waals surface area contributed by atoms with Crippen molar-refractivity contribution in [3.8, 4) is 0 Å². The lowest BCUT2D eigenvalue weighted by Crippen LogP contribution is -2.40. The fourth-order valence-corrected chi connectivity index (χ4v) is 4.47. The zero-order chi connectivity index (χ0) is 14.6. The number of carbonyl (C=O) groups is 1. The van der Waals surface area contributed by atoms with E-state index in [4.69, 9.17) is 9.84 Å². The summed E-state index contributed by atoms with van der Waals surface area (Å²) in [4.78, 5) is 10.9. The molecule has 1 aliphatic heterocycles. The zero-order valence-electron chi connectivity index (χ0n) is 11.6. The number of aliphatic carboxylic acids is 1. The lowest BCUT2D eigenvalue weighted by atomic mass is 9.82. The maximum absolute atomic E-state index is 12.1. The first-order valence-corrected chi connectivity index (χ1v) is 8.82. The minimum atomic E-state index is -3.26. The van der Waals surface area contributed by atoms with E-state index in [0.717, 1.165) is 12.8 Å². The molecule has 1 heterocycles. The molecule has 2 rings (SSSR count). The summed E-state index contributed by atoms with van der Waals surface area (Å²) in [5, 5.41) is 8.59. The summed E-state index contributed by atoms with van der Waals surface area (Å²) in [6.45, 7) is 1.45. The molecule has 0 unspecified atom stereocenters. The summed E-state index contributed by atoms with van der Waals surface area (Å²) in [5.41, 5.74) is 0. The molecule has 2 aliphatic rings. The van der Waals surface area contributed by atoms with Crippen LogP contribution in [-0.2, 0) is 19.6 Å². The van der Waals surface area contributed by atoms with Crippen LogP contribution in [0, 0.1) is 11.8 Å². The van der Waals surface area contributed by atoms with Gasteiger partial charge in [-0.05, 0) is 44.4 Å². The maximum atomic E-state index is 12.1. The fraction of sp³-hybridized carbons (Fsp3) is 0.923. The smallest absolute Gasteiger partial charge is 0.306 e. The van der Waals surface area contributed by atoms with Gasteiger partial charge in [-0.15, -0.1) is 0 Å². The third-order valence-corrected chi connectivity index (χ3v) is 6.29. The molecule has 0 aromatic heterocycles. The summed E-state index contributed by atoms with van der Waals surface area (Å²) < 4.78 is 32.2. The van der Waals surface area contributed by atoms with Gasteiger partial charge in [0.25, 0.3) is 0 Å². The van der Waals surface area contributed by atoms with Crippen LogP contribution < -0.4 is 4.72 Å². The number of carboxylic acids is 1. The van der Waals surface area contributed by atoms with Crippen molar-refractivity contribution in [1.29, 1.82) is 0 Å². The van der Waals surface area contributed by atoms with Crippen LogP contribution in [0.3, 0.4) is 0 Å². The van der Waals surface area contributed by atoms with Gasteiger partial charge in [-0.3, -0.25) is 4.79 Å². The molecule has 0 aromatic carbocycles. The van der Waals surface area contributed by atoms with Crippen molar-refractivity contribution in [2.24, 2.45) is 11.8 Å². The van der Waals surface area contributed by atoms with Crippen molar-refractivity contribution < 1.29 is 23.1 Å². The van der Waals surface area contributed by atoms with E-state index < -0.39 is 16.0 Å². The highest BCUT2D eigenvalue weighted by molar-refractivity contribution is 7.90. The lowest BCUT2D eigenvalue weighted by molar-refractivity contribution is -0.143. The Morgan fingerprint density at radius 3 is 2.25 bits per heavy atom. The number of carboxylic acid groups (broad SMARTS) is 1. The maximum Gasteiger partial charge on any atom is 0.306 e. The van der Waals surface area contributed by atoms with Gasteiger partial charge in [0, 0.05) is 19.8 Å². The van der Waals surface area contributed by atoms with Gasteiger partial charge in [0.1, 0.15) is 0 Å². The van der Waals surface area contributed by atoms with Crippen molar-refractivity contribution in [3.63, 3.8) is 0 Å². The standard InChI is InChI=1S/C13H23NO5S/c15-13(16)11-3-1-10(2-4-11)9-14-20(17,18)12-5-7-19-8-6-12/h10-12,14H,1-9H2,(H,15,16). The van der Waals surface area contributed by atoms with Crippen molar-refractivity contribution in [3.05, 3.63) is 0 Å². The molecule has 1 aliphatic carbocycles. The number of ether oxygens (including phenoxy) is 1. The summed E-state index contributed by atoms with van der Waals surface area (Å²) in [6, 6.07) is 0. The van der Waals surface area contributed by atoms with Crippen LogP contribution in [0.1, 0.15) is 38.5 Å². The molecule has 0 radical (unpaired) electrons. The first-order valence-electron chi connectivity index (χ1n) is 7.28. The summed E-state index contributed by atoms with van der Waals surface area (Å²) in [7, 11) is -3.26. The summed E-state index contributed by atoms with van der Waals surface area (Å²) >= 11 is 0. The molecular formula is C13H23NO5S. The van der Waals surface area contributed by atoms with E-state index in [1.165, 1.54) is 0 Å². The van der Waals surface area contributed by atoms with E-state index in [0.29, 0.717) is 45.4 Å². The Hall–Kier alpha value is -0.660. The Labute approximate surface area is 119 Å². The first-order chi connectivity index (χ1) is 9.49. The van der Waals surface area contributed by atoms with Crippen LogP contribution in [-0.4, -0.2) is 44.5 Å². The Bertz CT molecular complexity index is 422. The van der Waals surface area contributed by atoms with E-state index in [9.17, 15) is 13.2 Å². The molecule has 1 saturated carbocycles. The van der Waals surface area contributed by atoms with Crippen LogP contribution in [0.25, 0.3) is 0 Å². The van der Waals surface area contributed by atoms with Crippen molar-refractivity contribution in [2.45, 2.75) is 43.8 Å². The highest BCUT2D eigenvalue weighted by Crippen LogP contribution is 2.28. The minimum absolute atomic E-state index is 0.252. The van der Waals surface area contributed by atoms with Crippen LogP contribution in [0.2, 0.25) is 0 Å². The molecule has 0 atom stereocenters. The lowest BCUT2D eigenvalue weighted by Gasteiger charge is -2.27. The van der Waals surface area contributed by atoms with Gasteiger partial charge < -0.3 is 9.84 Å². The molecule has 2 N–H and O–H groups in total. The van der Waals surface area contributed by atoms with Gasteiger partial charge in [0.15, 0.2) is 0 Å². The second-order valence-electron chi connectivity index (χ2n) is 5.76. The largest absolute Gasteiger partial charge is 0.481 e. The average molecular weight is 305 g/mol. The molecule has 116 valence electrons. The van der Waals surface area contributed by atoms with Crippen molar-refractivity contribution in [2.75, 3.05) is 19.8 Å². The number of hydrogen-bond donors (Lipinski definition) is 2. The van der Waals surface area contributed by atoms with E-state index in [1.807, 2.05) is 0 Å². The van der Waals surface area contributed by atoms with Crippen molar-refractivity contribution in [1.82, 2.24) is 4.72 Å². The van der Waals surface area contributed by atoms with Gasteiger partial charge in [0.05, 0.1) is 11.2 Å². The molecule has 0 bridgehead atoms. The van der Waals surface area contributed by atoms with Gasteiger partial charge in [-0.2, -0.15) is 0 Å². The highest BCUT2D eigenvalue weighted by atomic mass is 32.2. The summed E-state index contributed by atoms with van der Waals surface area (Å²) in [6.07, 6.45) is 3.99. The molecule has 0 amide bonds. The zero-order valence-corrected chi connectivity index (χ0v) is 12.4. The predicted octanol–water partition coefficient (Wildman–Crippen LogP) is 0.976. The normalized spacial score (nSPS) is 29.2. The Morgan fingerprint density at radius 1 is 1.10 bits per heavy atom. The second kappa shape index (κ2) is 6.87. The Balaban J connectivity index is 1.76. The summed E-state index contributed by atoms with van der Waals surface area (Å²) in [5.74, 6) is -0.718. The molecular weight excluding hydrogens is 282 g/mol. The van der Waals surface area contributed by atoms with Crippen LogP contribution in [0.4, 0.5) is 0 Å². The quantitative estimate of drug-likeness (QED) is 0.789. The van der Waals surface area contributed by atoms with Crippen LogP contribution in [0.15, 0.2) is 0 Å².